The van der Waals surface area contributed by atoms with Gasteiger partial charge in [-0.2, -0.15) is 0 Å². The molecule has 1 aliphatic heterocycles. The lowest BCUT2D eigenvalue weighted by Gasteiger charge is -2.33. The van der Waals surface area contributed by atoms with Crippen molar-refractivity contribution in [3.63, 3.8) is 0 Å². The van der Waals surface area contributed by atoms with E-state index in [4.69, 9.17) is 4.74 Å². The van der Waals surface area contributed by atoms with E-state index in [-0.39, 0.29) is 5.82 Å². The maximum absolute atomic E-state index is 13.5. The molecule has 0 spiro atoms. The predicted octanol–water partition coefficient (Wildman–Crippen LogP) is 1.63. The van der Waals surface area contributed by atoms with Gasteiger partial charge in [-0.05, 0) is 24.6 Å². The van der Waals surface area contributed by atoms with Crippen molar-refractivity contribution in [1.82, 2.24) is 10.2 Å². The monoisotopic (exact) mass is 238 g/mol. The van der Waals surface area contributed by atoms with Crippen molar-refractivity contribution in [2.45, 2.75) is 19.5 Å². The highest BCUT2D eigenvalue weighted by Gasteiger charge is 2.18. The zero-order chi connectivity index (χ0) is 12.3. The van der Waals surface area contributed by atoms with E-state index in [1.165, 1.54) is 7.11 Å². The van der Waals surface area contributed by atoms with Crippen molar-refractivity contribution in [3.05, 3.63) is 29.6 Å². The first kappa shape index (κ1) is 12.3. The number of rotatable bonds is 3. The zero-order valence-corrected chi connectivity index (χ0v) is 10.4. The topological polar surface area (TPSA) is 24.5 Å². The molecule has 94 valence electrons. The average molecular weight is 238 g/mol. The summed E-state index contributed by atoms with van der Waals surface area (Å²) in [7, 11) is 1.48. The van der Waals surface area contributed by atoms with Gasteiger partial charge in [0, 0.05) is 32.2 Å². The maximum Gasteiger partial charge on any atom is 0.165 e. The fourth-order valence-corrected chi connectivity index (χ4v) is 2.16. The fraction of sp³-hybridized carbons (Fsp3) is 0.538. The van der Waals surface area contributed by atoms with Gasteiger partial charge in [0.15, 0.2) is 11.6 Å². The van der Waals surface area contributed by atoms with Crippen LogP contribution in [0.5, 0.6) is 5.75 Å². The lowest BCUT2D eigenvalue weighted by atomic mass is 10.1. The van der Waals surface area contributed by atoms with E-state index < -0.39 is 0 Å². The Kier molecular flexibility index (Phi) is 3.97. The molecule has 2 rings (SSSR count). The summed E-state index contributed by atoms with van der Waals surface area (Å²) in [6.45, 7) is 5.99. The molecule has 1 aliphatic rings. The van der Waals surface area contributed by atoms with Crippen molar-refractivity contribution in [2.75, 3.05) is 26.7 Å². The molecule has 0 bridgehead atoms. The van der Waals surface area contributed by atoms with Crippen molar-refractivity contribution in [2.24, 2.45) is 0 Å². The van der Waals surface area contributed by atoms with Gasteiger partial charge in [-0.1, -0.05) is 6.07 Å². The Morgan fingerprint density at radius 3 is 3.00 bits per heavy atom. The van der Waals surface area contributed by atoms with E-state index in [2.05, 4.69) is 17.1 Å². The van der Waals surface area contributed by atoms with Crippen LogP contribution in [0.25, 0.3) is 0 Å². The largest absolute Gasteiger partial charge is 0.494 e. The summed E-state index contributed by atoms with van der Waals surface area (Å²) in [6, 6.07) is 5.68. The number of methoxy groups -OCH3 is 1. The van der Waals surface area contributed by atoms with Crippen molar-refractivity contribution >= 4 is 0 Å². The molecule has 1 unspecified atom stereocenters. The highest BCUT2D eigenvalue weighted by Crippen LogP contribution is 2.19. The third-order valence-corrected chi connectivity index (χ3v) is 3.24. The molecule has 1 saturated heterocycles. The van der Waals surface area contributed by atoms with Gasteiger partial charge in [0.25, 0.3) is 0 Å². The van der Waals surface area contributed by atoms with Crippen LogP contribution in [-0.4, -0.2) is 37.7 Å². The fourth-order valence-electron chi connectivity index (χ4n) is 2.16. The number of halogens is 1. The number of hydrogen-bond donors (Lipinski definition) is 1. The first-order chi connectivity index (χ1) is 8.20. The summed E-state index contributed by atoms with van der Waals surface area (Å²) in [4.78, 5) is 2.36. The molecule has 1 heterocycles. The second-order valence-corrected chi connectivity index (χ2v) is 4.49. The van der Waals surface area contributed by atoms with Gasteiger partial charge >= 0.3 is 0 Å². The van der Waals surface area contributed by atoms with Gasteiger partial charge in [0.05, 0.1) is 7.11 Å². The number of hydrogen-bond acceptors (Lipinski definition) is 3. The summed E-state index contributed by atoms with van der Waals surface area (Å²) >= 11 is 0. The lowest BCUT2D eigenvalue weighted by Crippen LogP contribution is -2.49. The van der Waals surface area contributed by atoms with E-state index in [1.807, 2.05) is 6.07 Å². The van der Waals surface area contributed by atoms with Gasteiger partial charge in [-0.3, -0.25) is 4.90 Å². The number of piperazine rings is 1. The average Bonchev–Trinajstić information content (AvgIpc) is 2.32. The molecule has 0 saturated carbocycles. The Labute approximate surface area is 102 Å². The molecule has 0 radical (unpaired) electrons. The quantitative estimate of drug-likeness (QED) is 0.866. The first-order valence-corrected chi connectivity index (χ1v) is 5.98. The van der Waals surface area contributed by atoms with Crippen LogP contribution in [0.3, 0.4) is 0 Å². The molecule has 0 aromatic heterocycles. The third-order valence-electron chi connectivity index (χ3n) is 3.24. The molecular weight excluding hydrogens is 219 g/mol. The normalized spacial score (nSPS) is 21.5. The SMILES string of the molecule is COc1ccc(CN2CCNCC2C)cc1F. The molecular formula is C13H19FN2O. The van der Waals surface area contributed by atoms with Gasteiger partial charge in [-0.25, -0.2) is 4.39 Å². The van der Waals surface area contributed by atoms with Crippen LogP contribution >= 0.6 is 0 Å². The van der Waals surface area contributed by atoms with E-state index in [1.54, 1.807) is 12.1 Å². The molecule has 0 aliphatic carbocycles. The van der Waals surface area contributed by atoms with Crippen molar-refractivity contribution < 1.29 is 9.13 Å². The molecule has 1 aromatic carbocycles. The Bertz CT molecular complexity index is 384. The molecule has 4 heteroatoms. The van der Waals surface area contributed by atoms with Crippen molar-refractivity contribution in [1.29, 1.82) is 0 Å². The van der Waals surface area contributed by atoms with Crippen LogP contribution in [0.15, 0.2) is 18.2 Å². The maximum atomic E-state index is 13.5. The Morgan fingerprint density at radius 1 is 1.53 bits per heavy atom. The molecule has 0 amide bonds. The lowest BCUT2D eigenvalue weighted by molar-refractivity contribution is 0.165. The minimum Gasteiger partial charge on any atom is -0.494 e. The summed E-state index contributed by atoms with van der Waals surface area (Å²) in [5.74, 6) is 0.0231. The first-order valence-electron chi connectivity index (χ1n) is 5.98. The highest BCUT2D eigenvalue weighted by molar-refractivity contribution is 5.29. The van der Waals surface area contributed by atoms with Crippen LogP contribution in [0, 0.1) is 5.82 Å². The summed E-state index contributed by atoms with van der Waals surface area (Å²) in [5.41, 5.74) is 0.997. The minimum absolute atomic E-state index is 0.284. The van der Waals surface area contributed by atoms with Crippen LogP contribution < -0.4 is 10.1 Å². The number of ether oxygens (including phenoxy) is 1. The summed E-state index contributed by atoms with van der Waals surface area (Å²) in [5, 5.41) is 3.34. The Balaban J connectivity index is 2.05. The minimum atomic E-state index is -0.284. The molecule has 1 fully saturated rings. The smallest absolute Gasteiger partial charge is 0.165 e. The molecule has 1 aromatic rings. The molecule has 17 heavy (non-hydrogen) atoms. The number of nitrogens with zero attached hydrogens (tertiary/aromatic N) is 1. The molecule has 1 N–H and O–H groups in total. The Morgan fingerprint density at radius 2 is 2.35 bits per heavy atom. The standard InChI is InChI=1S/C13H19FN2O/c1-10-8-15-5-6-16(10)9-11-3-4-13(17-2)12(14)7-11/h3-4,7,10,15H,5-6,8-9H2,1-2H3. The van der Waals surface area contributed by atoms with E-state index in [9.17, 15) is 4.39 Å². The summed E-state index contributed by atoms with van der Waals surface area (Å²) in [6.07, 6.45) is 0. The highest BCUT2D eigenvalue weighted by atomic mass is 19.1. The third kappa shape index (κ3) is 2.96. The van der Waals surface area contributed by atoms with Crippen LogP contribution in [0.1, 0.15) is 12.5 Å². The number of nitrogens with one attached hydrogen (secondary N) is 1. The Hall–Kier alpha value is -1.13. The van der Waals surface area contributed by atoms with Gasteiger partial charge in [0.1, 0.15) is 0 Å². The number of benzene rings is 1. The molecule has 3 nitrogen and oxygen atoms in total. The summed E-state index contributed by atoms with van der Waals surface area (Å²) < 4.78 is 18.5. The zero-order valence-electron chi connectivity index (χ0n) is 10.4. The van der Waals surface area contributed by atoms with Crippen LogP contribution in [0.2, 0.25) is 0 Å². The van der Waals surface area contributed by atoms with Crippen molar-refractivity contribution in [3.8, 4) is 5.75 Å². The van der Waals surface area contributed by atoms with E-state index in [0.29, 0.717) is 11.8 Å². The van der Waals surface area contributed by atoms with Gasteiger partial charge in [-0.15, -0.1) is 0 Å². The van der Waals surface area contributed by atoms with Crippen LogP contribution in [-0.2, 0) is 6.54 Å². The van der Waals surface area contributed by atoms with Gasteiger partial charge < -0.3 is 10.1 Å². The second kappa shape index (κ2) is 5.47. The van der Waals surface area contributed by atoms with E-state index in [0.717, 1.165) is 31.7 Å². The van der Waals surface area contributed by atoms with Crippen LogP contribution in [0.4, 0.5) is 4.39 Å². The predicted molar refractivity (Wildman–Crippen MR) is 65.7 cm³/mol. The van der Waals surface area contributed by atoms with E-state index >= 15 is 0 Å². The second-order valence-electron chi connectivity index (χ2n) is 4.49. The molecule has 1 atom stereocenters. The van der Waals surface area contributed by atoms with Gasteiger partial charge in [0.2, 0.25) is 0 Å².